The molecule has 0 spiro atoms. The van der Waals surface area contributed by atoms with Crippen LogP contribution in [0.15, 0.2) is 60.0 Å². The molecule has 3 aromatic rings. The fraction of sp³-hybridized carbons (Fsp3) is 0.227. The van der Waals surface area contributed by atoms with Crippen molar-refractivity contribution in [3.63, 3.8) is 0 Å². The molecule has 0 fully saturated rings. The molecule has 144 valence electrons. The van der Waals surface area contributed by atoms with Crippen LogP contribution in [0, 0.1) is 0 Å². The zero-order valence-corrected chi connectivity index (χ0v) is 16.4. The lowest BCUT2D eigenvalue weighted by molar-refractivity contribution is -0.115. The molecular formula is C22H22N2O3S. The van der Waals surface area contributed by atoms with Crippen molar-refractivity contribution in [1.82, 2.24) is 5.32 Å². The molecule has 1 atom stereocenters. The van der Waals surface area contributed by atoms with Crippen LogP contribution in [-0.4, -0.2) is 19.2 Å². The van der Waals surface area contributed by atoms with Gasteiger partial charge in [0.1, 0.15) is 0 Å². The van der Waals surface area contributed by atoms with Gasteiger partial charge in [-0.25, -0.2) is 0 Å². The third kappa shape index (κ3) is 4.18. The molecule has 0 radical (unpaired) electrons. The molecule has 0 unspecified atom stereocenters. The highest BCUT2D eigenvalue weighted by Gasteiger charge is 2.17. The van der Waals surface area contributed by atoms with E-state index in [0.29, 0.717) is 17.2 Å². The average Bonchev–Trinajstić information content (AvgIpc) is 3.40. The number of ether oxygens (including phenoxy) is 2. The number of aryl methyl sites for hydroxylation is 1. The Kier molecular flexibility index (Phi) is 5.60. The molecule has 1 amide bonds. The normalized spacial score (nSPS) is 13.3. The first kappa shape index (κ1) is 18.5. The van der Waals surface area contributed by atoms with Gasteiger partial charge in [0.25, 0.3) is 0 Å². The van der Waals surface area contributed by atoms with Crippen molar-refractivity contribution in [2.75, 3.05) is 18.7 Å². The van der Waals surface area contributed by atoms with E-state index in [0.717, 1.165) is 12.0 Å². The summed E-state index contributed by atoms with van der Waals surface area (Å²) in [5, 5.41) is 8.35. The first-order chi connectivity index (χ1) is 13.7. The lowest BCUT2D eigenvalue weighted by atomic mass is 10.0. The summed E-state index contributed by atoms with van der Waals surface area (Å²) in [4.78, 5) is 13.7. The Morgan fingerprint density at radius 2 is 1.93 bits per heavy atom. The zero-order chi connectivity index (χ0) is 19.3. The van der Waals surface area contributed by atoms with E-state index in [9.17, 15) is 4.79 Å². The molecule has 1 aromatic heterocycles. The maximum atomic E-state index is 12.5. The van der Waals surface area contributed by atoms with Gasteiger partial charge in [-0.2, -0.15) is 0 Å². The van der Waals surface area contributed by atoms with E-state index in [2.05, 4.69) is 53.3 Å². The average molecular weight is 394 g/mol. The lowest BCUT2D eigenvalue weighted by Gasteiger charge is -2.18. The van der Waals surface area contributed by atoms with Crippen LogP contribution in [0.2, 0.25) is 0 Å². The van der Waals surface area contributed by atoms with Crippen molar-refractivity contribution >= 4 is 22.9 Å². The highest BCUT2D eigenvalue weighted by Crippen LogP contribution is 2.34. The number of anilines is 1. The van der Waals surface area contributed by atoms with E-state index >= 15 is 0 Å². The predicted octanol–water partition coefficient (Wildman–Crippen LogP) is 4.36. The smallest absolute Gasteiger partial charge is 0.238 e. The van der Waals surface area contributed by atoms with Crippen molar-refractivity contribution in [3.8, 4) is 11.5 Å². The van der Waals surface area contributed by atoms with Crippen LogP contribution in [-0.2, 0) is 11.2 Å². The van der Waals surface area contributed by atoms with Gasteiger partial charge in [-0.3, -0.25) is 10.1 Å². The van der Waals surface area contributed by atoms with Gasteiger partial charge in [-0.15, -0.1) is 11.3 Å². The minimum Gasteiger partial charge on any atom is -0.454 e. The molecule has 6 heteroatoms. The first-order valence-electron chi connectivity index (χ1n) is 9.28. The number of carbonyl (C=O) groups is 1. The number of hydrogen-bond acceptors (Lipinski definition) is 5. The number of amides is 1. The highest BCUT2D eigenvalue weighted by molar-refractivity contribution is 7.10. The largest absolute Gasteiger partial charge is 0.454 e. The van der Waals surface area contributed by atoms with Crippen molar-refractivity contribution in [3.05, 3.63) is 76.0 Å². The van der Waals surface area contributed by atoms with Gasteiger partial charge < -0.3 is 14.8 Å². The van der Waals surface area contributed by atoms with Crippen molar-refractivity contribution in [2.45, 2.75) is 19.4 Å². The summed E-state index contributed by atoms with van der Waals surface area (Å²) in [6, 6.07) is 18.0. The summed E-state index contributed by atoms with van der Waals surface area (Å²) in [6.07, 6.45) is 1.01. The number of carbonyl (C=O) groups excluding carboxylic acids is 1. The molecule has 0 saturated heterocycles. The number of hydrogen-bond donors (Lipinski definition) is 2. The molecule has 28 heavy (non-hydrogen) atoms. The second-order valence-electron chi connectivity index (χ2n) is 6.54. The second-order valence-corrected chi connectivity index (χ2v) is 7.52. The Bertz CT molecular complexity index is 939. The zero-order valence-electron chi connectivity index (χ0n) is 15.6. The Balaban J connectivity index is 1.43. The molecule has 1 aliphatic heterocycles. The van der Waals surface area contributed by atoms with E-state index in [-0.39, 0.29) is 25.3 Å². The molecule has 0 saturated carbocycles. The van der Waals surface area contributed by atoms with Crippen LogP contribution in [0.25, 0.3) is 0 Å². The second kappa shape index (κ2) is 8.46. The van der Waals surface area contributed by atoms with Crippen LogP contribution in [0.4, 0.5) is 5.69 Å². The van der Waals surface area contributed by atoms with E-state index in [1.807, 2.05) is 12.1 Å². The van der Waals surface area contributed by atoms with Gasteiger partial charge in [-0.05, 0) is 41.1 Å². The Labute approximate surface area is 168 Å². The topological polar surface area (TPSA) is 59.6 Å². The van der Waals surface area contributed by atoms with Gasteiger partial charge in [-0.1, -0.05) is 37.3 Å². The van der Waals surface area contributed by atoms with Crippen molar-refractivity contribution in [2.24, 2.45) is 0 Å². The monoisotopic (exact) mass is 394 g/mol. The number of rotatable bonds is 7. The van der Waals surface area contributed by atoms with Gasteiger partial charge in [0, 0.05) is 16.6 Å². The lowest BCUT2D eigenvalue weighted by Crippen LogP contribution is -2.31. The summed E-state index contributed by atoms with van der Waals surface area (Å²) < 4.78 is 10.7. The van der Waals surface area contributed by atoms with Crippen molar-refractivity contribution < 1.29 is 14.3 Å². The van der Waals surface area contributed by atoms with Crippen LogP contribution in [0.5, 0.6) is 11.5 Å². The van der Waals surface area contributed by atoms with Gasteiger partial charge >= 0.3 is 0 Å². The van der Waals surface area contributed by atoms with E-state index < -0.39 is 0 Å². The minimum atomic E-state index is -0.106. The summed E-state index contributed by atoms with van der Waals surface area (Å²) in [5.74, 6) is 1.24. The van der Waals surface area contributed by atoms with Crippen LogP contribution >= 0.6 is 11.3 Å². The van der Waals surface area contributed by atoms with Gasteiger partial charge in [0.2, 0.25) is 12.7 Å². The predicted molar refractivity (Wildman–Crippen MR) is 111 cm³/mol. The third-order valence-electron chi connectivity index (χ3n) is 4.67. The van der Waals surface area contributed by atoms with Crippen LogP contribution < -0.4 is 20.1 Å². The third-order valence-corrected chi connectivity index (χ3v) is 5.61. The van der Waals surface area contributed by atoms with E-state index in [4.69, 9.17) is 9.47 Å². The standard InChI is InChI=1S/C22H22N2O3S/c1-2-15-5-7-16(8-6-15)22(20-4-3-11-28-20)23-13-21(25)24-17-9-10-18-19(12-17)27-14-26-18/h3-12,22-23H,2,13-14H2,1H3,(H,24,25)/t22-/m0/s1. The first-order valence-corrected chi connectivity index (χ1v) is 10.2. The van der Waals surface area contributed by atoms with Crippen LogP contribution in [0.1, 0.15) is 29.0 Å². The fourth-order valence-corrected chi connectivity index (χ4v) is 3.99. The van der Waals surface area contributed by atoms with Crippen molar-refractivity contribution in [1.29, 1.82) is 0 Å². The molecule has 5 nitrogen and oxygen atoms in total. The number of benzene rings is 2. The molecular weight excluding hydrogens is 372 g/mol. The van der Waals surface area contributed by atoms with E-state index in [1.54, 1.807) is 23.5 Å². The Morgan fingerprint density at radius 3 is 2.68 bits per heavy atom. The molecule has 0 aliphatic carbocycles. The quantitative estimate of drug-likeness (QED) is 0.625. The molecule has 0 bridgehead atoms. The minimum absolute atomic E-state index is 0.0200. The van der Waals surface area contributed by atoms with Gasteiger partial charge in [0.05, 0.1) is 12.6 Å². The molecule has 2 N–H and O–H groups in total. The Morgan fingerprint density at radius 1 is 1.11 bits per heavy atom. The highest BCUT2D eigenvalue weighted by atomic mass is 32.1. The van der Waals surface area contributed by atoms with Gasteiger partial charge in [0.15, 0.2) is 11.5 Å². The molecule has 4 rings (SSSR count). The fourth-order valence-electron chi connectivity index (χ4n) is 3.16. The Hall–Kier alpha value is -2.83. The molecule has 1 aliphatic rings. The number of nitrogens with one attached hydrogen (secondary N) is 2. The molecule has 2 aromatic carbocycles. The maximum Gasteiger partial charge on any atom is 0.238 e. The SMILES string of the molecule is CCc1ccc([C@H](NCC(=O)Nc2ccc3c(c2)OCO3)c2cccs2)cc1. The summed E-state index contributed by atoms with van der Waals surface area (Å²) in [5.41, 5.74) is 3.14. The van der Waals surface area contributed by atoms with Crippen LogP contribution in [0.3, 0.4) is 0 Å². The number of fused-ring (bicyclic) bond motifs is 1. The molecule has 2 heterocycles. The maximum absolute atomic E-state index is 12.5. The number of thiophene rings is 1. The summed E-state index contributed by atoms with van der Waals surface area (Å²) in [7, 11) is 0. The summed E-state index contributed by atoms with van der Waals surface area (Å²) in [6.45, 7) is 2.56. The van der Waals surface area contributed by atoms with E-state index in [1.165, 1.54) is 10.4 Å². The summed E-state index contributed by atoms with van der Waals surface area (Å²) >= 11 is 1.68.